The maximum atomic E-state index is 9.52. The van der Waals surface area contributed by atoms with Gasteiger partial charge in [-0.1, -0.05) is 12.5 Å². The number of hydrogen-bond acceptors (Lipinski definition) is 2. The molecule has 2 atom stereocenters. The third kappa shape index (κ3) is 2.07. The van der Waals surface area contributed by atoms with E-state index in [4.69, 9.17) is 0 Å². The van der Waals surface area contributed by atoms with Gasteiger partial charge in [0.15, 0.2) is 0 Å². The Bertz CT molecular complexity index is 260. The molecule has 2 nitrogen and oxygen atoms in total. The standard InChI is InChI=1S/C11H15NO/c13-11-5-1-3-9(7-11)10-4-2-6-12-8-10/h2,4,6,8-9,11,13H,1,3,5,7H2/t9-,11+/m0/s1. The highest BCUT2D eigenvalue weighted by molar-refractivity contribution is 5.15. The predicted molar refractivity (Wildman–Crippen MR) is 51.5 cm³/mol. The fraction of sp³-hybridized carbons (Fsp3) is 0.545. The van der Waals surface area contributed by atoms with Crippen LogP contribution < -0.4 is 0 Å². The van der Waals surface area contributed by atoms with Gasteiger partial charge in [-0.05, 0) is 36.8 Å². The highest BCUT2D eigenvalue weighted by atomic mass is 16.3. The van der Waals surface area contributed by atoms with Crippen LogP contribution >= 0.6 is 0 Å². The second-order valence-electron chi connectivity index (χ2n) is 3.80. The summed E-state index contributed by atoms with van der Waals surface area (Å²) in [6.45, 7) is 0. The van der Waals surface area contributed by atoms with Crippen molar-refractivity contribution >= 4 is 0 Å². The Kier molecular flexibility index (Phi) is 2.60. The molecule has 0 aliphatic heterocycles. The lowest BCUT2D eigenvalue weighted by molar-refractivity contribution is 0.119. The van der Waals surface area contributed by atoms with E-state index in [1.807, 2.05) is 12.3 Å². The first-order valence-electron chi connectivity index (χ1n) is 4.94. The van der Waals surface area contributed by atoms with Crippen LogP contribution in [0.3, 0.4) is 0 Å². The van der Waals surface area contributed by atoms with Crippen molar-refractivity contribution in [1.29, 1.82) is 0 Å². The first-order valence-corrected chi connectivity index (χ1v) is 4.94. The van der Waals surface area contributed by atoms with E-state index in [2.05, 4.69) is 11.1 Å². The van der Waals surface area contributed by atoms with E-state index in [0.717, 1.165) is 19.3 Å². The number of aliphatic hydroxyl groups is 1. The molecule has 1 fully saturated rings. The minimum atomic E-state index is -0.0982. The lowest BCUT2D eigenvalue weighted by Gasteiger charge is -2.25. The van der Waals surface area contributed by atoms with Gasteiger partial charge in [-0.2, -0.15) is 0 Å². The minimum absolute atomic E-state index is 0.0982. The van der Waals surface area contributed by atoms with Gasteiger partial charge >= 0.3 is 0 Å². The van der Waals surface area contributed by atoms with Gasteiger partial charge in [0.05, 0.1) is 6.10 Å². The molecule has 0 saturated heterocycles. The van der Waals surface area contributed by atoms with Crippen molar-refractivity contribution in [3.8, 4) is 0 Å². The summed E-state index contributed by atoms with van der Waals surface area (Å²) >= 11 is 0. The number of aromatic nitrogens is 1. The zero-order chi connectivity index (χ0) is 9.10. The molecule has 70 valence electrons. The van der Waals surface area contributed by atoms with Gasteiger partial charge in [0.2, 0.25) is 0 Å². The molecule has 1 saturated carbocycles. The fourth-order valence-corrected chi connectivity index (χ4v) is 2.08. The molecular formula is C11H15NO. The summed E-state index contributed by atoms with van der Waals surface area (Å²) in [6.07, 6.45) is 7.83. The number of hydrogen-bond donors (Lipinski definition) is 1. The largest absolute Gasteiger partial charge is 0.393 e. The third-order valence-corrected chi connectivity index (χ3v) is 2.80. The highest BCUT2D eigenvalue weighted by Crippen LogP contribution is 2.32. The smallest absolute Gasteiger partial charge is 0.0546 e. The Morgan fingerprint density at radius 1 is 1.38 bits per heavy atom. The van der Waals surface area contributed by atoms with E-state index in [9.17, 15) is 5.11 Å². The zero-order valence-electron chi connectivity index (χ0n) is 7.69. The number of aliphatic hydroxyl groups excluding tert-OH is 1. The van der Waals surface area contributed by atoms with Gasteiger partial charge < -0.3 is 5.11 Å². The van der Waals surface area contributed by atoms with Crippen molar-refractivity contribution < 1.29 is 5.11 Å². The van der Waals surface area contributed by atoms with Crippen LogP contribution in [0.25, 0.3) is 0 Å². The fourth-order valence-electron chi connectivity index (χ4n) is 2.08. The average molecular weight is 177 g/mol. The maximum Gasteiger partial charge on any atom is 0.0546 e. The summed E-state index contributed by atoms with van der Waals surface area (Å²) in [5, 5.41) is 9.52. The molecule has 0 radical (unpaired) electrons. The van der Waals surface area contributed by atoms with E-state index in [-0.39, 0.29) is 6.10 Å². The van der Waals surface area contributed by atoms with Crippen LogP contribution in [-0.4, -0.2) is 16.2 Å². The van der Waals surface area contributed by atoms with Crippen LogP contribution in [0.4, 0.5) is 0 Å². The van der Waals surface area contributed by atoms with Crippen molar-refractivity contribution in [3.05, 3.63) is 30.1 Å². The predicted octanol–water partition coefficient (Wildman–Crippen LogP) is 2.10. The first kappa shape index (κ1) is 8.70. The molecular weight excluding hydrogens is 162 g/mol. The summed E-state index contributed by atoms with van der Waals surface area (Å²) in [5.41, 5.74) is 1.28. The molecule has 2 heteroatoms. The Labute approximate surface area is 78.6 Å². The second-order valence-corrected chi connectivity index (χ2v) is 3.80. The number of rotatable bonds is 1. The average Bonchev–Trinajstić information content (AvgIpc) is 2.19. The Morgan fingerprint density at radius 2 is 2.31 bits per heavy atom. The quantitative estimate of drug-likeness (QED) is 0.712. The Balaban J connectivity index is 2.08. The Morgan fingerprint density at radius 3 is 3.00 bits per heavy atom. The monoisotopic (exact) mass is 177 g/mol. The molecule has 0 unspecified atom stereocenters. The van der Waals surface area contributed by atoms with Gasteiger partial charge in [0.25, 0.3) is 0 Å². The maximum absolute atomic E-state index is 9.52. The molecule has 0 bridgehead atoms. The van der Waals surface area contributed by atoms with Crippen LogP contribution in [0.5, 0.6) is 0 Å². The van der Waals surface area contributed by atoms with Crippen LogP contribution in [0, 0.1) is 0 Å². The van der Waals surface area contributed by atoms with Crippen LogP contribution in [0.1, 0.15) is 37.2 Å². The lowest BCUT2D eigenvalue weighted by Crippen LogP contribution is -2.18. The number of pyridine rings is 1. The zero-order valence-corrected chi connectivity index (χ0v) is 7.69. The molecule has 1 aromatic rings. The minimum Gasteiger partial charge on any atom is -0.393 e. The third-order valence-electron chi connectivity index (χ3n) is 2.80. The lowest BCUT2D eigenvalue weighted by atomic mass is 9.83. The second kappa shape index (κ2) is 3.88. The van der Waals surface area contributed by atoms with Crippen molar-refractivity contribution in [2.24, 2.45) is 0 Å². The van der Waals surface area contributed by atoms with Crippen LogP contribution in [0.2, 0.25) is 0 Å². The molecule has 13 heavy (non-hydrogen) atoms. The molecule has 1 aliphatic carbocycles. The van der Waals surface area contributed by atoms with E-state index >= 15 is 0 Å². The van der Waals surface area contributed by atoms with Gasteiger partial charge in [-0.25, -0.2) is 0 Å². The van der Waals surface area contributed by atoms with Gasteiger partial charge in [-0.15, -0.1) is 0 Å². The van der Waals surface area contributed by atoms with Gasteiger partial charge in [0, 0.05) is 12.4 Å². The van der Waals surface area contributed by atoms with Crippen molar-refractivity contribution in [1.82, 2.24) is 4.98 Å². The normalized spacial score (nSPS) is 28.7. The van der Waals surface area contributed by atoms with Crippen LogP contribution in [-0.2, 0) is 0 Å². The molecule has 2 rings (SSSR count). The Hall–Kier alpha value is -0.890. The molecule has 1 heterocycles. The van der Waals surface area contributed by atoms with E-state index < -0.39 is 0 Å². The van der Waals surface area contributed by atoms with E-state index in [1.54, 1.807) is 6.20 Å². The SMILES string of the molecule is O[C@@H]1CCC[C@H](c2cccnc2)C1. The van der Waals surface area contributed by atoms with Crippen molar-refractivity contribution in [2.75, 3.05) is 0 Å². The van der Waals surface area contributed by atoms with Gasteiger partial charge in [-0.3, -0.25) is 4.98 Å². The molecule has 0 aromatic carbocycles. The summed E-state index contributed by atoms with van der Waals surface area (Å²) in [5.74, 6) is 0.525. The molecule has 1 aromatic heterocycles. The van der Waals surface area contributed by atoms with Crippen molar-refractivity contribution in [2.45, 2.75) is 37.7 Å². The summed E-state index contributed by atoms with van der Waals surface area (Å²) < 4.78 is 0. The summed E-state index contributed by atoms with van der Waals surface area (Å²) in [4.78, 5) is 4.10. The highest BCUT2D eigenvalue weighted by Gasteiger charge is 2.21. The first-order chi connectivity index (χ1) is 6.36. The number of nitrogens with zero attached hydrogens (tertiary/aromatic N) is 1. The van der Waals surface area contributed by atoms with Gasteiger partial charge in [0.1, 0.15) is 0 Å². The molecule has 0 spiro atoms. The van der Waals surface area contributed by atoms with E-state index in [0.29, 0.717) is 5.92 Å². The topological polar surface area (TPSA) is 33.1 Å². The van der Waals surface area contributed by atoms with E-state index in [1.165, 1.54) is 12.0 Å². The summed E-state index contributed by atoms with van der Waals surface area (Å²) in [6, 6.07) is 4.08. The van der Waals surface area contributed by atoms with Crippen LogP contribution in [0.15, 0.2) is 24.5 Å². The molecule has 0 amide bonds. The van der Waals surface area contributed by atoms with Crippen molar-refractivity contribution in [3.63, 3.8) is 0 Å². The molecule has 1 aliphatic rings. The molecule has 1 N–H and O–H groups in total. The summed E-state index contributed by atoms with van der Waals surface area (Å²) in [7, 11) is 0.